The Kier molecular flexibility index (Phi) is 4.76. The van der Waals surface area contributed by atoms with Crippen LogP contribution in [0.4, 0.5) is 11.6 Å². The summed E-state index contributed by atoms with van der Waals surface area (Å²) in [6.45, 7) is 1.71. The summed E-state index contributed by atoms with van der Waals surface area (Å²) in [5.74, 6) is 0.293. The van der Waals surface area contributed by atoms with Crippen LogP contribution in [0.15, 0.2) is 34.3 Å². The van der Waals surface area contributed by atoms with E-state index >= 15 is 0 Å². The number of carbonyl (C=O) groups excluding carboxylic acids is 1. The second-order valence-electron chi connectivity index (χ2n) is 5.91. The molecule has 1 atom stereocenters. The Labute approximate surface area is 155 Å². The van der Waals surface area contributed by atoms with Gasteiger partial charge >= 0.3 is 11.7 Å². The number of ether oxygens (including phenoxy) is 3. The van der Waals surface area contributed by atoms with Gasteiger partial charge in [0.15, 0.2) is 0 Å². The van der Waals surface area contributed by atoms with E-state index in [2.05, 4.69) is 15.3 Å². The van der Waals surface area contributed by atoms with E-state index in [0.29, 0.717) is 33.9 Å². The Morgan fingerprint density at radius 2 is 1.96 bits per heavy atom. The molecule has 0 aliphatic carbocycles. The summed E-state index contributed by atoms with van der Waals surface area (Å²) < 4.78 is 15.7. The van der Waals surface area contributed by atoms with Crippen molar-refractivity contribution in [3.63, 3.8) is 0 Å². The van der Waals surface area contributed by atoms with E-state index in [4.69, 9.17) is 19.9 Å². The van der Waals surface area contributed by atoms with E-state index in [0.717, 1.165) is 0 Å². The second-order valence-corrected chi connectivity index (χ2v) is 5.91. The molecular formula is C18H20N4O5. The van der Waals surface area contributed by atoms with Crippen molar-refractivity contribution in [2.75, 3.05) is 32.4 Å². The van der Waals surface area contributed by atoms with Gasteiger partial charge in [0.1, 0.15) is 23.1 Å². The first-order valence-electron chi connectivity index (χ1n) is 8.09. The third-order valence-corrected chi connectivity index (χ3v) is 4.44. The first-order chi connectivity index (χ1) is 12.9. The molecule has 4 N–H and O–H groups in total. The lowest BCUT2D eigenvalue weighted by Gasteiger charge is -2.30. The highest BCUT2D eigenvalue weighted by Gasteiger charge is 2.37. The van der Waals surface area contributed by atoms with Gasteiger partial charge in [-0.1, -0.05) is 6.07 Å². The van der Waals surface area contributed by atoms with Crippen molar-refractivity contribution in [1.82, 2.24) is 9.97 Å². The first kappa shape index (κ1) is 18.3. The molecule has 1 aromatic heterocycles. The van der Waals surface area contributed by atoms with Crippen molar-refractivity contribution in [3.05, 3.63) is 51.1 Å². The van der Waals surface area contributed by atoms with Gasteiger partial charge in [-0.05, 0) is 13.0 Å². The fraction of sp³-hybridized carbons (Fsp3) is 0.278. The van der Waals surface area contributed by atoms with Gasteiger partial charge in [0.25, 0.3) is 0 Å². The van der Waals surface area contributed by atoms with Gasteiger partial charge < -0.3 is 25.3 Å². The van der Waals surface area contributed by atoms with Gasteiger partial charge in [0, 0.05) is 22.9 Å². The molecule has 2 heterocycles. The fourth-order valence-electron chi connectivity index (χ4n) is 3.24. The third-order valence-electron chi connectivity index (χ3n) is 4.44. The predicted molar refractivity (Wildman–Crippen MR) is 99.0 cm³/mol. The molecule has 0 radical (unpaired) electrons. The number of aromatic nitrogens is 2. The Morgan fingerprint density at radius 1 is 1.22 bits per heavy atom. The van der Waals surface area contributed by atoms with E-state index in [1.807, 2.05) is 0 Å². The lowest BCUT2D eigenvalue weighted by Crippen LogP contribution is -2.29. The van der Waals surface area contributed by atoms with Crippen LogP contribution in [0.5, 0.6) is 11.5 Å². The van der Waals surface area contributed by atoms with Gasteiger partial charge in [-0.2, -0.15) is 4.98 Å². The number of nitrogens with zero attached hydrogens (tertiary/aromatic N) is 1. The molecule has 0 amide bonds. The standard InChI is InChI=1S/C18H20N4O5/c1-8-12(17(23)27-4)13(10-6-5-9(25-2)7-11(10)26-3)14-15(19)21-18(24)22-16(14)20-8/h5-7,13H,1-4H3,(H4,19,20,21,22,24). The van der Waals surface area contributed by atoms with E-state index in [-0.39, 0.29) is 11.6 Å². The zero-order valence-corrected chi connectivity index (χ0v) is 15.4. The van der Waals surface area contributed by atoms with Crippen LogP contribution in [0.25, 0.3) is 0 Å². The Balaban J connectivity index is 2.33. The number of H-pyrrole nitrogens is 1. The van der Waals surface area contributed by atoms with Crippen molar-refractivity contribution in [2.45, 2.75) is 12.8 Å². The number of nitrogens with one attached hydrogen (secondary N) is 2. The maximum atomic E-state index is 12.6. The van der Waals surface area contributed by atoms with Gasteiger partial charge in [-0.25, -0.2) is 9.59 Å². The van der Waals surface area contributed by atoms with Crippen LogP contribution in [0.3, 0.4) is 0 Å². The van der Waals surface area contributed by atoms with Crippen LogP contribution in [-0.2, 0) is 9.53 Å². The highest BCUT2D eigenvalue weighted by Crippen LogP contribution is 2.46. The number of hydrogen-bond acceptors (Lipinski definition) is 8. The number of aromatic amines is 1. The van der Waals surface area contributed by atoms with Crippen LogP contribution in [0.1, 0.15) is 24.0 Å². The Bertz CT molecular complexity index is 996. The molecule has 9 nitrogen and oxygen atoms in total. The molecule has 3 rings (SSSR count). The molecule has 0 spiro atoms. The van der Waals surface area contributed by atoms with E-state index in [9.17, 15) is 9.59 Å². The van der Waals surface area contributed by atoms with E-state index in [1.165, 1.54) is 14.2 Å². The molecule has 27 heavy (non-hydrogen) atoms. The van der Waals surface area contributed by atoms with Crippen LogP contribution in [-0.4, -0.2) is 37.3 Å². The zero-order valence-electron chi connectivity index (χ0n) is 15.4. The molecular weight excluding hydrogens is 352 g/mol. The van der Waals surface area contributed by atoms with Gasteiger partial charge in [-0.3, -0.25) is 4.98 Å². The molecule has 1 aromatic carbocycles. The quantitative estimate of drug-likeness (QED) is 0.687. The topological polar surface area (TPSA) is 129 Å². The molecule has 0 bridgehead atoms. The number of anilines is 2. The number of hydrogen-bond donors (Lipinski definition) is 3. The molecule has 9 heteroatoms. The number of benzene rings is 1. The van der Waals surface area contributed by atoms with E-state index < -0.39 is 17.6 Å². The van der Waals surface area contributed by atoms with Crippen LogP contribution < -0.4 is 26.2 Å². The first-order valence-corrected chi connectivity index (χ1v) is 8.09. The lowest BCUT2D eigenvalue weighted by molar-refractivity contribution is -0.136. The van der Waals surface area contributed by atoms with Gasteiger partial charge in [0.05, 0.1) is 32.8 Å². The Hall–Kier alpha value is -3.49. The van der Waals surface area contributed by atoms with Crippen molar-refractivity contribution < 1.29 is 19.0 Å². The molecule has 0 fully saturated rings. The minimum absolute atomic E-state index is 0.106. The number of carbonyl (C=O) groups is 1. The zero-order chi connectivity index (χ0) is 19.7. The monoisotopic (exact) mass is 372 g/mol. The summed E-state index contributed by atoms with van der Waals surface area (Å²) >= 11 is 0. The normalized spacial score (nSPS) is 15.6. The Morgan fingerprint density at radius 3 is 2.59 bits per heavy atom. The van der Waals surface area contributed by atoms with Crippen molar-refractivity contribution in [1.29, 1.82) is 0 Å². The number of allylic oxidation sites excluding steroid dienone is 1. The summed E-state index contributed by atoms with van der Waals surface area (Å²) in [4.78, 5) is 30.7. The average molecular weight is 372 g/mol. The molecule has 0 saturated carbocycles. The number of rotatable bonds is 4. The maximum Gasteiger partial charge on any atom is 0.348 e. The molecule has 142 valence electrons. The highest BCUT2D eigenvalue weighted by molar-refractivity contribution is 5.95. The minimum Gasteiger partial charge on any atom is -0.497 e. The smallest absolute Gasteiger partial charge is 0.348 e. The lowest BCUT2D eigenvalue weighted by atomic mass is 9.81. The third kappa shape index (κ3) is 3.07. The maximum absolute atomic E-state index is 12.6. The van der Waals surface area contributed by atoms with Crippen molar-refractivity contribution in [2.24, 2.45) is 0 Å². The number of methoxy groups -OCH3 is 3. The molecule has 1 unspecified atom stereocenters. The summed E-state index contributed by atoms with van der Waals surface area (Å²) in [6.07, 6.45) is 0. The second kappa shape index (κ2) is 7.02. The number of nitrogen functional groups attached to an aromatic ring is 1. The number of fused-ring (bicyclic) bond motifs is 1. The fourth-order valence-corrected chi connectivity index (χ4v) is 3.24. The van der Waals surface area contributed by atoms with Crippen LogP contribution >= 0.6 is 0 Å². The van der Waals surface area contributed by atoms with Gasteiger partial charge in [-0.15, -0.1) is 0 Å². The number of esters is 1. The predicted octanol–water partition coefficient (Wildman–Crippen LogP) is 1.37. The summed E-state index contributed by atoms with van der Waals surface area (Å²) in [6, 6.07) is 5.23. The molecule has 1 aliphatic heterocycles. The SMILES string of the molecule is COC(=O)C1=C(C)Nc2nc(=O)[nH]c(N)c2C1c1ccc(OC)cc1OC. The molecule has 1 aliphatic rings. The minimum atomic E-state index is -0.654. The largest absolute Gasteiger partial charge is 0.497 e. The average Bonchev–Trinajstić information content (AvgIpc) is 2.65. The number of nitrogens with two attached hydrogens (primary N) is 1. The summed E-state index contributed by atoms with van der Waals surface area (Å²) in [5.41, 5.74) is 7.47. The van der Waals surface area contributed by atoms with Gasteiger partial charge in [0.2, 0.25) is 0 Å². The highest BCUT2D eigenvalue weighted by atomic mass is 16.5. The van der Waals surface area contributed by atoms with Crippen LogP contribution in [0.2, 0.25) is 0 Å². The summed E-state index contributed by atoms with van der Waals surface area (Å²) in [5, 5.41) is 2.97. The summed E-state index contributed by atoms with van der Waals surface area (Å²) in [7, 11) is 4.36. The van der Waals surface area contributed by atoms with Crippen molar-refractivity contribution in [3.8, 4) is 11.5 Å². The van der Waals surface area contributed by atoms with Crippen LogP contribution in [0, 0.1) is 0 Å². The van der Waals surface area contributed by atoms with Crippen molar-refractivity contribution >= 4 is 17.6 Å². The molecule has 0 saturated heterocycles. The van der Waals surface area contributed by atoms with E-state index in [1.54, 1.807) is 32.2 Å². The molecule has 2 aromatic rings.